The van der Waals surface area contributed by atoms with Crippen molar-refractivity contribution < 1.29 is 4.74 Å². The van der Waals surface area contributed by atoms with Crippen molar-refractivity contribution in [3.05, 3.63) is 18.2 Å². The van der Waals surface area contributed by atoms with Gasteiger partial charge >= 0.3 is 0 Å². The van der Waals surface area contributed by atoms with Crippen molar-refractivity contribution in [3.8, 4) is 5.75 Å². The fourth-order valence-corrected chi connectivity index (χ4v) is 3.13. The number of nitrogen functional groups attached to an aromatic ring is 1. The molecule has 18 heavy (non-hydrogen) atoms. The number of hydrogen-bond donors (Lipinski definition) is 1. The van der Waals surface area contributed by atoms with Gasteiger partial charge in [-0.15, -0.1) is 0 Å². The number of benzene rings is 1. The Balaban J connectivity index is 2.20. The predicted octanol–water partition coefficient (Wildman–Crippen LogP) is 2.92. The lowest BCUT2D eigenvalue weighted by Gasteiger charge is -2.27. The van der Waals surface area contributed by atoms with Gasteiger partial charge in [0.25, 0.3) is 0 Å². The van der Waals surface area contributed by atoms with Crippen LogP contribution in [0.2, 0.25) is 0 Å². The summed E-state index contributed by atoms with van der Waals surface area (Å²) in [7, 11) is 1.67. The Kier molecular flexibility index (Phi) is 2.47. The van der Waals surface area contributed by atoms with Gasteiger partial charge in [0.15, 0.2) is 0 Å². The molecule has 2 aromatic rings. The van der Waals surface area contributed by atoms with E-state index in [1.165, 1.54) is 25.7 Å². The van der Waals surface area contributed by atoms with Gasteiger partial charge in [-0.2, -0.15) is 0 Å². The fourth-order valence-electron chi connectivity index (χ4n) is 3.13. The Labute approximate surface area is 107 Å². The molecule has 0 aliphatic heterocycles. The van der Waals surface area contributed by atoms with Crippen molar-refractivity contribution in [1.82, 2.24) is 9.55 Å². The Morgan fingerprint density at radius 3 is 2.72 bits per heavy atom. The first-order valence-electron chi connectivity index (χ1n) is 6.46. The number of hydrogen-bond acceptors (Lipinski definition) is 3. The third-order valence-electron chi connectivity index (χ3n) is 4.11. The molecule has 1 aromatic heterocycles. The molecule has 4 nitrogen and oxygen atoms in total. The van der Waals surface area contributed by atoms with Crippen LogP contribution in [0, 0.1) is 0 Å². The minimum atomic E-state index is 0.118. The third kappa shape index (κ3) is 1.55. The average Bonchev–Trinajstić information content (AvgIpc) is 2.91. The van der Waals surface area contributed by atoms with Crippen LogP contribution in [0.3, 0.4) is 0 Å². The molecule has 0 atom stereocenters. The third-order valence-corrected chi connectivity index (χ3v) is 4.11. The van der Waals surface area contributed by atoms with Gasteiger partial charge in [-0.05, 0) is 31.9 Å². The van der Waals surface area contributed by atoms with Crippen LogP contribution in [-0.2, 0) is 5.54 Å². The van der Waals surface area contributed by atoms with Crippen LogP contribution >= 0.6 is 0 Å². The second-order valence-corrected chi connectivity index (χ2v) is 5.36. The van der Waals surface area contributed by atoms with Crippen molar-refractivity contribution in [2.75, 3.05) is 12.8 Å². The van der Waals surface area contributed by atoms with E-state index in [4.69, 9.17) is 10.5 Å². The van der Waals surface area contributed by atoms with Crippen LogP contribution in [0.25, 0.3) is 11.0 Å². The van der Waals surface area contributed by atoms with Gasteiger partial charge in [0.1, 0.15) is 5.75 Å². The Bertz CT molecular complexity index is 582. The standard InChI is InChI=1S/C14H19N3O/c1-14(7-3-4-8-14)17-12-6-5-10(18-2)9-11(12)16-13(17)15/h5-6,9H,3-4,7-8H2,1-2H3,(H2,15,16). The maximum atomic E-state index is 6.12. The van der Waals surface area contributed by atoms with Crippen molar-refractivity contribution in [2.45, 2.75) is 38.1 Å². The number of fused-ring (bicyclic) bond motifs is 1. The van der Waals surface area contributed by atoms with Gasteiger partial charge in [0, 0.05) is 11.6 Å². The maximum absolute atomic E-state index is 6.12. The van der Waals surface area contributed by atoms with Crippen LogP contribution in [0.4, 0.5) is 5.95 Å². The number of rotatable bonds is 2. The van der Waals surface area contributed by atoms with Gasteiger partial charge in [-0.1, -0.05) is 12.8 Å². The van der Waals surface area contributed by atoms with Gasteiger partial charge < -0.3 is 15.0 Å². The van der Waals surface area contributed by atoms with E-state index in [9.17, 15) is 0 Å². The molecule has 2 N–H and O–H groups in total. The predicted molar refractivity (Wildman–Crippen MR) is 72.8 cm³/mol. The maximum Gasteiger partial charge on any atom is 0.201 e. The summed E-state index contributed by atoms with van der Waals surface area (Å²) in [6.07, 6.45) is 4.89. The largest absolute Gasteiger partial charge is 0.497 e. The first kappa shape index (κ1) is 11.4. The van der Waals surface area contributed by atoms with E-state index in [0.717, 1.165) is 16.8 Å². The molecule has 4 heteroatoms. The number of ether oxygens (including phenoxy) is 1. The second-order valence-electron chi connectivity index (χ2n) is 5.36. The van der Waals surface area contributed by atoms with Crippen LogP contribution in [-0.4, -0.2) is 16.7 Å². The Hall–Kier alpha value is -1.71. The molecular formula is C14H19N3O. The summed E-state index contributed by atoms with van der Waals surface area (Å²) in [6, 6.07) is 5.97. The normalized spacial score (nSPS) is 18.3. The molecule has 0 radical (unpaired) electrons. The molecule has 0 amide bonds. The molecule has 0 bridgehead atoms. The van der Waals surface area contributed by atoms with Crippen molar-refractivity contribution in [1.29, 1.82) is 0 Å². The summed E-state index contributed by atoms with van der Waals surface area (Å²) in [5.41, 5.74) is 8.27. The molecule has 1 aliphatic carbocycles. The van der Waals surface area contributed by atoms with Gasteiger partial charge in [-0.3, -0.25) is 0 Å². The smallest absolute Gasteiger partial charge is 0.201 e. The van der Waals surface area contributed by atoms with E-state index in [-0.39, 0.29) is 5.54 Å². The molecule has 3 rings (SSSR count). The van der Waals surface area contributed by atoms with E-state index in [0.29, 0.717) is 5.95 Å². The van der Waals surface area contributed by atoms with E-state index in [2.05, 4.69) is 22.5 Å². The zero-order chi connectivity index (χ0) is 12.8. The topological polar surface area (TPSA) is 53.1 Å². The molecule has 0 spiro atoms. The number of methoxy groups -OCH3 is 1. The van der Waals surface area contributed by atoms with Crippen LogP contribution in [0.15, 0.2) is 18.2 Å². The average molecular weight is 245 g/mol. The van der Waals surface area contributed by atoms with Crippen molar-refractivity contribution >= 4 is 17.0 Å². The van der Waals surface area contributed by atoms with E-state index >= 15 is 0 Å². The Morgan fingerprint density at radius 2 is 2.06 bits per heavy atom. The zero-order valence-corrected chi connectivity index (χ0v) is 10.9. The van der Waals surface area contributed by atoms with Gasteiger partial charge in [0.2, 0.25) is 5.95 Å². The van der Waals surface area contributed by atoms with Crippen LogP contribution in [0.5, 0.6) is 5.75 Å². The number of nitrogens with zero attached hydrogens (tertiary/aromatic N) is 2. The van der Waals surface area contributed by atoms with E-state index < -0.39 is 0 Å². The highest BCUT2D eigenvalue weighted by Crippen LogP contribution is 2.40. The molecule has 1 saturated carbocycles. The highest BCUT2D eigenvalue weighted by Gasteiger charge is 2.33. The quantitative estimate of drug-likeness (QED) is 0.885. The second kappa shape index (κ2) is 3.90. The van der Waals surface area contributed by atoms with E-state index in [1.54, 1.807) is 7.11 Å². The molecule has 1 fully saturated rings. The Morgan fingerprint density at radius 1 is 1.33 bits per heavy atom. The van der Waals surface area contributed by atoms with Gasteiger partial charge in [-0.25, -0.2) is 4.98 Å². The summed E-state index contributed by atoms with van der Waals surface area (Å²) < 4.78 is 7.44. The molecule has 1 aromatic carbocycles. The summed E-state index contributed by atoms with van der Waals surface area (Å²) >= 11 is 0. The highest BCUT2D eigenvalue weighted by molar-refractivity contribution is 5.80. The monoisotopic (exact) mass is 245 g/mol. The summed E-state index contributed by atoms with van der Waals surface area (Å²) in [6.45, 7) is 2.28. The minimum absolute atomic E-state index is 0.118. The molecule has 0 unspecified atom stereocenters. The van der Waals surface area contributed by atoms with E-state index in [1.807, 2.05) is 12.1 Å². The van der Waals surface area contributed by atoms with Crippen molar-refractivity contribution in [2.24, 2.45) is 0 Å². The van der Waals surface area contributed by atoms with Crippen LogP contribution < -0.4 is 10.5 Å². The highest BCUT2D eigenvalue weighted by atomic mass is 16.5. The van der Waals surface area contributed by atoms with Gasteiger partial charge in [0.05, 0.1) is 18.1 Å². The number of nitrogens with two attached hydrogens (primary N) is 1. The first-order chi connectivity index (χ1) is 8.64. The number of anilines is 1. The summed E-state index contributed by atoms with van der Waals surface area (Å²) in [5.74, 6) is 1.44. The van der Waals surface area contributed by atoms with Crippen molar-refractivity contribution in [3.63, 3.8) is 0 Å². The lowest BCUT2D eigenvalue weighted by Crippen LogP contribution is -2.27. The molecular weight excluding hydrogens is 226 g/mol. The van der Waals surface area contributed by atoms with Crippen LogP contribution in [0.1, 0.15) is 32.6 Å². The minimum Gasteiger partial charge on any atom is -0.497 e. The number of imidazole rings is 1. The SMILES string of the molecule is COc1ccc2c(c1)nc(N)n2C1(C)CCCC1. The lowest BCUT2D eigenvalue weighted by atomic mass is 10.00. The molecule has 1 heterocycles. The molecule has 1 aliphatic rings. The number of aromatic nitrogens is 2. The summed E-state index contributed by atoms with van der Waals surface area (Å²) in [4.78, 5) is 4.47. The zero-order valence-electron chi connectivity index (χ0n) is 10.9. The lowest BCUT2D eigenvalue weighted by molar-refractivity contribution is 0.343. The molecule has 96 valence electrons. The molecule has 0 saturated heterocycles. The summed E-state index contributed by atoms with van der Waals surface area (Å²) in [5, 5.41) is 0. The fraction of sp³-hybridized carbons (Fsp3) is 0.500. The first-order valence-corrected chi connectivity index (χ1v) is 6.46.